The van der Waals surface area contributed by atoms with Crippen molar-refractivity contribution in [2.45, 2.75) is 56.7 Å². The van der Waals surface area contributed by atoms with Gasteiger partial charge in [-0.15, -0.1) is 0 Å². The van der Waals surface area contributed by atoms with E-state index in [1.807, 2.05) is 0 Å². The smallest absolute Gasteiger partial charge is 0.326 e. The summed E-state index contributed by atoms with van der Waals surface area (Å²) >= 11 is 0. The molecule has 122 valence electrons. The number of nitrogens with one attached hydrogen (secondary N) is 1. The number of carbonyl (C=O) groups excluding carboxylic acids is 1. The second kappa shape index (κ2) is 7.07. The van der Waals surface area contributed by atoms with Gasteiger partial charge in [0.2, 0.25) is 0 Å². The third kappa shape index (κ3) is 3.58. The first-order valence-corrected chi connectivity index (χ1v) is 8.26. The van der Waals surface area contributed by atoms with Crippen LogP contribution in [0.4, 0.5) is 0 Å². The molecule has 1 aliphatic heterocycles. The molecule has 1 aliphatic carbocycles. The lowest BCUT2D eigenvalue weighted by Gasteiger charge is -2.39. The Kier molecular flexibility index (Phi) is 5.63. The van der Waals surface area contributed by atoms with Crippen molar-refractivity contribution in [2.24, 2.45) is 0 Å². The van der Waals surface area contributed by atoms with Gasteiger partial charge < -0.3 is 15.0 Å². The zero-order valence-corrected chi connectivity index (χ0v) is 14.0. The van der Waals surface area contributed by atoms with Crippen LogP contribution >= 0.6 is 0 Å². The number of ether oxygens (including phenoxy) is 1. The first-order valence-electron chi connectivity index (χ1n) is 8.26. The molecule has 2 aliphatic rings. The molecule has 0 amide bonds. The number of esters is 1. The average molecular weight is 297 g/mol. The summed E-state index contributed by atoms with van der Waals surface area (Å²) < 4.78 is 5.05. The van der Waals surface area contributed by atoms with E-state index in [1.54, 1.807) is 0 Å². The van der Waals surface area contributed by atoms with Crippen LogP contribution in [0.25, 0.3) is 0 Å². The molecule has 1 N–H and O–H groups in total. The fourth-order valence-corrected chi connectivity index (χ4v) is 4.09. The van der Waals surface area contributed by atoms with Gasteiger partial charge in [0.15, 0.2) is 0 Å². The van der Waals surface area contributed by atoms with E-state index < -0.39 is 5.54 Å². The molecule has 0 bridgehead atoms. The molecule has 0 aromatic carbocycles. The van der Waals surface area contributed by atoms with Crippen LogP contribution in [0, 0.1) is 0 Å². The largest absolute Gasteiger partial charge is 0.468 e. The molecule has 2 fully saturated rings. The second-order valence-corrected chi connectivity index (χ2v) is 6.72. The molecule has 1 saturated carbocycles. The Hall–Kier alpha value is -0.650. The van der Waals surface area contributed by atoms with Crippen molar-refractivity contribution in [3.05, 3.63) is 0 Å². The molecule has 0 spiro atoms. The van der Waals surface area contributed by atoms with Gasteiger partial charge in [0, 0.05) is 18.6 Å². The van der Waals surface area contributed by atoms with Crippen molar-refractivity contribution in [3.8, 4) is 0 Å². The molecule has 3 unspecified atom stereocenters. The van der Waals surface area contributed by atoms with Gasteiger partial charge in [-0.25, -0.2) is 0 Å². The van der Waals surface area contributed by atoms with Crippen molar-refractivity contribution in [1.29, 1.82) is 0 Å². The summed E-state index contributed by atoms with van der Waals surface area (Å²) in [6, 6.07) is 1.09. The molecule has 0 radical (unpaired) electrons. The molecular weight excluding hydrogens is 266 g/mol. The number of methoxy groups -OCH3 is 1. The van der Waals surface area contributed by atoms with Crippen molar-refractivity contribution >= 4 is 5.97 Å². The Labute approximate surface area is 129 Å². The average Bonchev–Trinajstić information content (AvgIpc) is 2.91. The highest BCUT2D eigenvalue weighted by molar-refractivity contribution is 5.81. The number of likely N-dealkylation sites (tertiary alicyclic amines) is 1. The number of nitrogens with zero attached hydrogens (tertiary/aromatic N) is 2. The Morgan fingerprint density at radius 2 is 2.19 bits per heavy atom. The van der Waals surface area contributed by atoms with Gasteiger partial charge in [0.25, 0.3) is 0 Å². The summed E-state index contributed by atoms with van der Waals surface area (Å²) in [6.45, 7) is 5.20. The van der Waals surface area contributed by atoms with E-state index >= 15 is 0 Å². The Balaban J connectivity index is 2.00. The lowest BCUT2D eigenvalue weighted by molar-refractivity contribution is -0.148. The molecule has 5 heteroatoms. The minimum absolute atomic E-state index is 0.0963. The summed E-state index contributed by atoms with van der Waals surface area (Å²) in [7, 11) is 5.92. The third-order valence-corrected chi connectivity index (χ3v) is 5.33. The number of hydrogen-bond acceptors (Lipinski definition) is 5. The molecule has 2 rings (SSSR count). The number of carbonyl (C=O) groups is 1. The van der Waals surface area contributed by atoms with Gasteiger partial charge in [-0.2, -0.15) is 0 Å². The van der Waals surface area contributed by atoms with Gasteiger partial charge in [-0.05, 0) is 59.3 Å². The SMILES string of the molecule is CCNC1(C(=O)OC)CCC(N(C)C2CCCN(C)C2)C1. The van der Waals surface area contributed by atoms with Crippen LogP contribution in [0.5, 0.6) is 0 Å². The van der Waals surface area contributed by atoms with Gasteiger partial charge in [-0.3, -0.25) is 9.69 Å². The Bertz CT molecular complexity index is 363. The van der Waals surface area contributed by atoms with Gasteiger partial charge in [0.1, 0.15) is 5.54 Å². The first kappa shape index (κ1) is 16.7. The lowest BCUT2D eigenvalue weighted by Crippen LogP contribution is -2.53. The maximum atomic E-state index is 12.2. The fraction of sp³-hybridized carbons (Fsp3) is 0.938. The predicted octanol–water partition coefficient (Wildman–Crippen LogP) is 1.09. The molecule has 1 saturated heterocycles. The highest BCUT2D eigenvalue weighted by atomic mass is 16.5. The standard InChI is InChI=1S/C16H31N3O2/c1-5-17-16(15(20)21-4)9-8-13(11-16)19(3)14-7-6-10-18(2)12-14/h13-14,17H,5-12H2,1-4H3. The first-order chi connectivity index (χ1) is 10.0. The minimum Gasteiger partial charge on any atom is -0.468 e. The van der Waals surface area contributed by atoms with E-state index in [1.165, 1.54) is 26.5 Å². The summed E-state index contributed by atoms with van der Waals surface area (Å²) in [5, 5.41) is 3.39. The Morgan fingerprint density at radius 1 is 1.43 bits per heavy atom. The maximum Gasteiger partial charge on any atom is 0.326 e. The van der Waals surface area contributed by atoms with Crippen molar-refractivity contribution < 1.29 is 9.53 Å². The van der Waals surface area contributed by atoms with Crippen LogP contribution in [-0.2, 0) is 9.53 Å². The van der Waals surface area contributed by atoms with Crippen LogP contribution in [0.1, 0.15) is 39.0 Å². The predicted molar refractivity (Wildman–Crippen MR) is 84.3 cm³/mol. The Morgan fingerprint density at radius 3 is 2.81 bits per heavy atom. The third-order valence-electron chi connectivity index (χ3n) is 5.33. The molecule has 0 aromatic heterocycles. The molecule has 1 heterocycles. The molecular formula is C16H31N3O2. The van der Waals surface area contributed by atoms with E-state index in [-0.39, 0.29) is 5.97 Å². The number of likely N-dealkylation sites (N-methyl/N-ethyl adjacent to an activating group) is 3. The summed E-state index contributed by atoms with van der Waals surface area (Å²) in [5.74, 6) is -0.0963. The molecule has 0 aromatic rings. The van der Waals surface area contributed by atoms with Crippen LogP contribution in [0.2, 0.25) is 0 Å². The minimum atomic E-state index is -0.469. The van der Waals surface area contributed by atoms with E-state index in [0.717, 1.165) is 32.4 Å². The number of hydrogen-bond donors (Lipinski definition) is 1. The van der Waals surface area contributed by atoms with Gasteiger partial charge >= 0.3 is 5.97 Å². The van der Waals surface area contributed by atoms with E-state index in [0.29, 0.717) is 12.1 Å². The van der Waals surface area contributed by atoms with Crippen LogP contribution in [0.3, 0.4) is 0 Å². The lowest BCUT2D eigenvalue weighted by atomic mass is 9.96. The quantitative estimate of drug-likeness (QED) is 0.770. The van der Waals surface area contributed by atoms with Gasteiger partial charge in [0.05, 0.1) is 7.11 Å². The van der Waals surface area contributed by atoms with E-state index in [9.17, 15) is 4.79 Å². The summed E-state index contributed by atoms with van der Waals surface area (Å²) in [4.78, 5) is 17.1. The van der Waals surface area contributed by atoms with Crippen molar-refractivity contribution in [2.75, 3.05) is 40.8 Å². The van der Waals surface area contributed by atoms with Crippen LogP contribution in [0.15, 0.2) is 0 Å². The molecule has 3 atom stereocenters. The maximum absolute atomic E-state index is 12.2. The monoisotopic (exact) mass is 297 g/mol. The van der Waals surface area contributed by atoms with Crippen LogP contribution < -0.4 is 5.32 Å². The van der Waals surface area contributed by atoms with Gasteiger partial charge in [-0.1, -0.05) is 6.92 Å². The fourth-order valence-electron chi connectivity index (χ4n) is 4.09. The summed E-state index contributed by atoms with van der Waals surface area (Å²) in [6.07, 6.45) is 5.35. The zero-order chi connectivity index (χ0) is 15.5. The number of piperidine rings is 1. The van der Waals surface area contributed by atoms with Crippen molar-refractivity contribution in [3.63, 3.8) is 0 Å². The van der Waals surface area contributed by atoms with E-state index in [2.05, 4.69) is 36.1 Å². The molecule has 21 heavy (non-hydrogen) atoms. The van der Waals surface area contributed by atoms with Crippen molar-refractivity contribution in [1.82, 2.24) is 15.1 Å². The highest BCUT2D eigenvalue weighted by Crippen LogP contribution is 2.35. The summed E-state index contributed by atoms with van der Waals surface area (Å²) in [5.41, 5.74) is -0.469. The normalized spacial score (nSPS) is 34.3. The number of rotatable bonds is 5. The zero-order valence-electron chi connectivity index (χ0n) is 14.0. The highest BCUT2D eigenvalue weighted by Gasteiger charge is 2.47. The van der Waals surface area contributed by atoms with E-state index in [4.69, 9.17) is 4.74 Å². The van der Waals surface area contributed by atoms with Crippen LogP contribution in [-0.4, -0.2) is 74.2 Å². The topological polar surface area (TPSA) is 44.8 Å². The second-order valence-electron chi connectivity index (χ2n) is 6.72. The molecule has 5 nitrogen and oxygen atoms in total.